The second-order valence-electron chi connectivity index (χ2n) is 0.889. The molecule has 0 bridgehead atoms. The van der Waals surface area contributed by atoms with Gasteiger partial charge in [-0.05, 0) is 12.1 Å². The molecule has 0 saturated carbocycles. The molecule has 4 heteroatoms. The normalized spacial score (nSPS) is 5.78. The van der Waals surface area contributed by atoms with Crippen molar-refractivity contribution in [2.24, 2.45) is 0 Å². The molecule has 0 radical (unpaired) electrons. The zero-order valence-electron chi connectivity index (χ0n) is 5.11. The Labute approximate surface area is 95.5 Å². The van der Waals surface area contributed by atoms with Gasteiger partial charge in [0.1, 0.15) is 0 Å². The second-order valence-corrected chi connectivity index (χ2v) is 0.889. The van der Waals surface area contributed by atoms with E-state index in [0.29, 0.717) is 0 Å². The van der Waals surface area contributed by atoms with E-state index in [1.165, 1.54) is 0 Å². The summed E-state index contributed by atoms with van der Waals surface area (Å²) in [7, 11) is 0. The fourth-order valence-electron chi connectivity index (χ4n) is 0.227. The Hall–Kier alpha value is 0.386. The zero-order valence-corrected chi connectivity index (χ0v) is 8.23. The van der Waals surface area contributed by atoms with Crippen LogP contribution in [-0.4, -0.2) is 6.47 Å². The van der Waals surface area contributed by atoms with Crippen molar-refractivity contribution in [3.8, 4) is 0 Å². The molecule has 1 heterocycles. The standard InChI is InChI=1S/C4H4O.CH2O2.K/c1-2-4-5-3-1;2-1-3;/h1-4H;1H,(H,2,3);/q;;+1/p-1. The van der Waals surface area contributed by atoms with Gasteiger partial charge in [-0.3, -0.25) is 0 Å². The van der Waals surface area contributed by atoms with Gasteiger partial charge in [0.15, 0.2) is 0 Å². The van der Waals surface area contributed by atoms with Gasteiger partial charge >= 0.3 is 51.4 Å². The van der Waals surface area contributed by atoms with Crippen molar-refractivity contribution in [1.29, 1.82) is 0 Å². The molecular weight excluding hydrogens is 147 g/mol. The number of carbonyl (C=O) groups is 1. The molecular formula is C5H5KO3. The van der Waals surface area contributed by atoms with Crippen molar-refractivity contribution >= 4 is 6.47 Å². The van der Waals surface area contributed by atoms with Crippen LogP contribution in [0.15, 0.2) is 29.1 Å². The third kappa shape index (κ3) is 11.8. The van der Waals surface area contributed by atoms with Crippen LogP contribution in [0.2, 0.25) is 0 Å². The Kier molecular flexibility index (Phi) is 15.1. The quantitative estimate of drug-likeness (QED) is 0.288. The van der Waals surface area contributed by atoms with Crippen LogP contribution in [0.4, 0.5) is 0 Å². The number of hydrogen-bond acceptors (Lipinski definition) is 3. The molecule has 0 atom stereocenters. The number of carbonyl (C=O) groups excluding carboxylic acids is 1. The first-order valence-corrected chi connectivity index (χ1v) is 1.94. The topological polar surface area (TPSA) is 53.3 Å². The van der Waals surface area contributed by atoms with Gasteiger partial charge in [-0.2, -0.15) is 0 Å². The van der Waals surface area contributed by atoms with E-state index in [1.54, 1.807) is 12.5 Å². The summed E-state index contributed by atoms with van der Waals surface area (Å²) >= 11 is 0. The largest absolute Gasteiger partial charge is 1.00 e. The van der Waals surface area contributed by atoms with Crippen LogP contribution in [0, 0.1) is 0 Å². The van der Waals surface area contributed by atoms with Crippen LogP contribution < -0.4 is 56.5 Å². The molecule has 0 saturated heterocycles. The third-order valence-corrected chi connectivity index (χ3v) is 0.425. The van der Waals surface area contributed by atoms with Crippen molar-refractivity contribution in [3.05, 3.63) is 24.7 Å². The van der Waals surface area contributed by atoms with Crippen molar-refractivity contribution in [2.45, 2.75) is 0 Å². The Morgan fingerprint density at radius 2 is 1.67 bits per heavy atom. The number of hydrogen-bond donors (Lipinski definition) is 0. The van der Waals surface area contributed by atoms with Crippen LogP contribution in [0.1, 0.15) is 0 Å². The first-order valence-electron chi connectivity index (χ1n) is 1.94. The molecule has 0 fully saturated rings. The van der Waals surface area contributed by atoms with Crippen LogP contribution >= 0.6 is 0 Å². The first-order chi connectivity index (χ1) is 3.91. The molecule has 9 heavy (non-hydrogen) atoms. The summed E-state index contributed by atoms with van der Waals surface area (Å²) in [5.74, 6) is 0. The van der Waals surface area contributed by atoms with Gasteiger partial charge in [0.2, 0.25) is 0 Å². The Balaban J connectivity index is 0. The smallest absolute Gasteiger partial charge is 0.554 e. The summed E-state index contributed by atoms with van der Waals surface area (Å²) in [5, 5.41) is 8.25. The molecule has 0 aliphatic carbocycles. The summed E-state index contributed by atoms with van der Waals surface area (Å²) in [5.41, 5.74) is 0. The second kappa shape index (κ2) is 11.2. The maximum atomic E-state index is 8.25. The Bertz CT molecular complexity index is 98.5. The Morgan fingerprint density at radius 1 is 1.33 bits per heavy atom. The fourth-order valence-corrected chi connectivity index (χ4v) is 0.227. The summed E-state index contributed by atoms with van der Waals surface area (Å²) in [6.45, 7) is -0.500. The van der Waals surface area contributed by atoms with Crippen molar-refractivity contribution in [1.82, 2.24) is 0 Å². The van der Waals surface area contributed by atoms with Crippen LogP contribution in [0.5, 0.6) is 0 Å². The van der Waals surface area contributed by atoms with E-state index in [2.05, 4.69) is 4.42 Å². The number of furan rings is 1. The molecule has 0 amide bonds. The van der Waals surface area contributed by atoms with E-state index in [-0.39, 0.29) is 51.4 Å². The van der Waals surface area contributed by atoms with E-state index >= 15 is 0 Å². The summed E-state index contributed by atoms with van der Waals surface area (Å²) in [6.07, 6.45) is 3.25. The summed E-state index contributed by atoms with van der Waals surface area (Å²) in [6, 6.07) is 3.67. The molecule has 44 valence electrons. The molecule has 3 nitrogen and oxygen atoms in total. The minimum Gasteiger partial charge on any atom is -0.554 e. The molecule has 1 aromatic heterocycles. The van der Waals surface area contributed by atoms with Gasteiger partial charge in [-0.25, -0.2) is 0 Å². The summed E-state index contributed by atoms with van der Waals surface area (Å²) in [4.78, 5) is 8.25. The molecule has 0 spiro atoms. The predicted molar refractivity (Wildman–Crippen MR) is 24.8 cm³/mol. The molecule has 1 rings (SSSR count). The molecule has 0 aliphatic heterocycles. The molecule has 0 unspecified atom stereocenters. The van der Waals surface area contributed by atoms with Gasteiger partial charge in [0.25, 0.3) is 0 Å². The molecule has 1 aromatic rings. The zero-order chi connectivity index (χ0) is 6.24. The minimum absolute atomic E-state index is 0. The van der Waals surface area contributed by atoms with E-state index in [4.69, 9.17) is 9.90 Å². The van der Waals surface area contributed by atoms with Crippen molar-refractivity contribution < 1.29 is 65.7 Å². The Morgan fingerprint density at radius 3 is 1.78 bits per heavy atom. The SMILES string of the molecule is O=C[O-].[K+].c1ccoc1. The molecule has 0 aromatic carbocycles. The minimum atomic E-state index is -0.500. The first kappa shape index (κ1) is 12.1. The van der Waals surface area contributed by atoms with Crippen molar-refractivity contribution in [2.75, 3.05) is 0 Å². The average Bonchev–Trinajstić information content (AvgIpc) is 2.17. The van der Waals surface area contributed by atoms with Crippen molar-refractivity contribution in [3.63, 3.8) is 0 Å². The number of rotatable bonds is 0. The monoisotopic (exact) mass is 152 g/mol. The van der Waals surface area contributed by atoms with E-state index in [1.807, 2.05) is 12.1 Å². The molecule has 0 N–H and O–H groups in total. The summed E-state index contributed by atoms with van der Waals surface area (Å²) < 4.78 is 4.58. The number of carboxylic acid groups (broad SMARTS) is 1. The van der Waals surface area contributed by atoms with Crippen LogP contribution in [-0.2, 0) is 4.79 Å². The maximum absolute atomic E-state index is 8.25. The van der Waals surface area contributed by atoms with Crippen LogP contribution in [0.25, 0.3) is 0 Å². The third-order valence-electron chi connectivity index (χ3n) is 0.425. The predicted octanol–water partition coefficient (Wildman–Crippen LogP) is -3.35. The van der Waals surface area contributed by atoms with Gasteiger partial charge in [0, 0.05) is 6.47 Å². The van der Waals surface area contributed by atoms with E-state index < -0.39 is 6.47 Å². The maximum Gasteiger partial charge on any atom is 1.00 e. The van der Waals surface area contributed by atoms with Gasteiger partial charge < -0.3 is 14.3 Å². The van der Waals surface area contributed by atoms with Gasteiger partial charge in [-0.1, -0.05) is 0 Å². The van der Waals surface area contributed by atoms with Gasteiger partial charge in [0.05, 0.1) is 12.5 Å². The van der Waals surface area contributed by atoms with Gasteiger partial charge in [-0.15, -0.1) is 0 Å². The fraction of sp³-hybridized carbons (Fsp3) is 0. The average molecular weight is 152 g/mol. The van der Waals surface area contributed by atoms with E-state index in [9.17, 15) is 0 Å². The van der Waals surface area contributed by atoms with E-state index in [0.717, 1.165) is 0 Å². The van der Waals surface area contributed by atoms with Crippen LogP contribution in [0.3, 0.4) is 0 Å². The molecule has 0 aliphatic rings.